The SMILES string of the molecule is Cc1cc(F)ccc1[C@H]1[C@@H]2CNC[C@H]2CCN1C(=O)N(C)[C@H](C)c1cc(C(F)(F)F)cc(C(F)(F)F)c1. The van der Waals surface area contributed by atoms with Gasteiger partial charge in [-0.2, -0.15) is 26.3 Å². The molecule has 0 unspecified atom stereocenters. The van der Waals surface area contributed by atoms with Crippen molar-refractivity contribution >= 4 is 6.03 Å². The number of benzene rings is 2. The Bertz CT molecular complexity index is 1130. The van der Waals surface area contributed by atoms with E-state index in [1.807, 2.05) is 0 Å². The van der Waals surface area contributed by atoms with E-state index in [1.54, 1.807) is 17.9 Å². The van der Waals surface area contributed by atoms with E-state index in [0.717, 1.165) is 12.1 Å². The summed E-state index contributed by atoms with van der Waals surface area (Å²) in [5, 5.41) is 3.33. The third-order valence-corrected chi connectivity index (χ3v) is 7.65. The first-order valence-electron chi connectivity index (χ1n) is 12.0. The zero-order chi connectivity index (χ0) is 27.3. The van der Waals surface area contributed by atoms with E-state index >= 15 is 0 Å². The van der Waals surface area contributed by atoms with Crippen molar-refractivity contribution in [3.05, 3.63) is 70.0 Å². The highest BCUT2D eigenvalue weighted by molar-refractivity contribution is 5.75. The first-order chi connectivity index (χ1) is 17.2. The summed E-state index contributed by atoms with van der Waals surface area (Å²) in [6, 6.07) is 3.72. The van der Waals surface area contributed by atoms with Crippen molar-refractivity contribution < 1.29 is 35.5 Å². The molecule has 1 N–H and O–H groups in total. The molecule has 4 atom stereocenters. The van der Waals surface area contributed by atoms with Gasteiger partial charge in [0, 0.05) is 26.1 Å². The highest BCUT2D eigenvalue weighted by atomic mass is 19.4. The van der Waals surface area contributed by atoms with Crippen LogP contribution in [0.25, 0.3) is 0 Å². The average molecular weight is 532 g/mol. The van der Waals surface area contributed by atoms with Gasteiger partial charge in [0.2, 0.25) is 0 Å². The van der Waals surface area contributed by atoms with Crippen LogP contribution in [0.15, 0.2) is 36.4 Å². The number of nitrogens with one attached hydrogen (secondary N) is 1. The average Bonchev–Trinajstić information content (AvgIpc) is 3.30. The molecule has 4 rings (SSSR count). The highest BCUT2D eigenvalue weighted by Gasteiger charge is 2.45. The van der Waals surface area contributed by atoms with Gasteiger partial charge in [0.1, 0.15) is 5.82 Å². The fraction of sp³-hybridized carbons (Fsp3) is 0.500. The molecule has 2 aliphatic rings. The number of urea groups is 1. The third-order valence-electron chi connectivity index (χ3n) is 7.65. The molecule has 0 bridgehead atoms. The molecule has 11 heteroatoms. The quantitative estimate of drug-likeness (QED) is 0.455. The predicted molar refractivity (Wildman–Crippen MR) is 123 cm³/mol. The smallest absolute Gasteiger partial charge is 0.321 e. The van der Waals surface area contributed by atoms with Crippen molar-refractivity contribution in [1.29, 1.82) is 0 Å². The van der Waals surface area contributed by atoms with Crippen LogP contribution in [0.4, 0.5) is 35.5 Å². The maximum absolute atomic E-state index is 13.8. The molecule has 2 aromatic rings. The number of hydrogen-bond acceptors (Lipinski definition) is 2. The van der Waals surface area contributed by atoms with Gasteiger partial charge in [0.25, 0.3) is 0 Å². The molecule has 0 radical (unpaired) electrons. The van der Waals surface area contributed by atoms with Crippen molar-refractivity contribution in [2.24, 2.45) is 11.8 Å². The van der Waals surface area contributed by atoms with Gasteiger partial charge in [0.15, 0.2) is 0 Å². The van der Waals surface area contributed by atoms with Crippen LogP contribution in [0.3, 0.4) is 0 Å². The zero-order valence-corrected chi connectivity index (χ0v) is 20.6. The number of amides is 2. The number of halogens is 7. The number of hydrogen-bond donors (Lipinski definition) is 1. The topological polar surface area (TPSA) is 35.6 Å². The molecule has 4 nitrogen and oxygen atoms in total. The van der Waals surface area contributed by atoms with Crippen LogP contribution in [-0.2, 0) is 12.4 Å². The number of carbonyl (C=O) groups is 1. The molecule has 2 amide bonds. The third kappa shape index (κ3) is 5.42. The normalized spacial score (nSPS) is 23.1. The first-order valence-corrected chi connectivity index (χ1v) is 12.0. The van der Waals surface area contributed by atoms with Gasteiger partial charge >= 0.3 is 18.4 Å². The van der Waals surface area contributed by atoms with Gasteiger partial charge in [-0.05, 0) is 79.8 Å². The summed E-state index contributed by atoms with van der Waals surface area (Å²) in [6.07, 6.45) is -9.27. The van der Waals surface area contributed by atoms with Gasteiger partial charge in [0.05, 0.1) is 23.2 Å². The summed E-state index contributed by atoms with van der Waals surface area (Å²) in [7, 11) is 1.37. The van der Waals surface area contributed by atoms with E-state index in [9.17, 15) is 35.5 Å². The Kier molecular flexibility index (Phi) is 7.22. The van der Waals surface area contributed by atoms with Crippen molar-refractivity contribution in [2.45, 2.75) is 44.7 Å². The molecule has 2 aliphatic heterocycles. The number of fused-ring (bicyclic) bond motifs is 1. The van der Waals surface area contributed by atoms with Crippen LogP contribution in [0, 0.1) is 24.6 Å². The Morgan fingerprint density at radius 2 is 1.65 bits per heavy atom. The lowest BCUT2D eigenvalue weighted by molar-refractivity contribution is -0.143. The first kappa shape index (κ1) is 27.2. The summed E-state index contributed by atoms with van der Waals surface area (Å²) < 4.78 is 94.2. The molecule has 2 heterocycles. The summed E-state index contributed by atoms with van der Waals surface area (Å²) in [5.41, 5.74) is -1.69. The van der Waals surface area contributed by atoms with E-state index in [4.69, 9.17) is 0 Å². The van der Waals surface area contributed by atoms with E-state index < -0.39 is 47.4 Å². The maximum atomic E-state index is 13.8. The van der Waals surface area contributed by atoms with Crippen LogP contribution in [-0.4, -0.2) is 42.5 Å². The molecule has 2 fully saturated rings. The van der Waals surface area contributed by atoms with E-state index in [0.29, 0.717) is 43.1 Å². The lowest BCUT2D eigenvalue weighted by Gasteiger charge is -2.45. The van der Waals surface area contributed by atoms with Crippen LogP contribution < -0.4 is 5.32 Å². The van der Waals surface area contributed by atoms with Crippen LogP contribution in [0.5, 0.6) is 0 Å². The second kappa shape index (κ2) is 9.81. The maximum Gasteiger partial charge on any atom is 0.416 e. The minimum atomic E-state index is -4.99. The van der Waals surface area contributed by atoms with E-state index in [-0.39, 0.29) is 17.5 Å². The Labute approximate surface area is 210 Å². The van der Waals surface area contributed by atoms with Gasteiger partial charge < -0.3 is 15.1 Å². The number of rotatable bonds is 3. The molecular formula is C26H28F7N3O. The van der Waals surface area contributed by atoms with Gasteiger partial charge in [-0.15, -0.1) is 0 Å². The molecule has 2 aromatic carbocycles. The second-order valence-corrected chi connectivity index (χ2v) is 9.92. The molecule has 0 saturated carbocycles. The Morgan fingerprint density at radius 1 is 1.03 bits per heavy atom. The number of likely N-dealkylation sites (tertiary alicyclic amines) is 1. The van der Waals surface area contributed by atoms with Crippen LogP contribution in [0.1, 0.15) is 53.2 Å². The summed E-state index contributed by atoms with van der Waals surface area (Å²) in [5.74, 6) is -0.0817. The van der Waals surface area contributed by atoms with Crippen molar-refractivity contribution in [3.8, 4) is 0 Å². The van der Waals surface area contributed by atoms with Crippen LogP contribution >= 0.6 is 0 Å². The second-order valence-electron chi connectivity index (χ2n) is 9.92. The van der Waals surface area contributed by atoms with E-state index in [2.05, 4.69) is 5.32 Å². The molecule has 37 heavy (non-hydrogen) atoms. The molecule has 0 spiro atoms. The Morgan fingerprint density at radius 3 is 2.22 bits per heavy atom. The summed E-state index contributed by atoms with van der Waals surface area (Å²) in [6.45, 7) is 4.92. The molecular weight excluding hydrogens is 503 g/mol. The number of alkyl halides is 6. The molecule has 0 aliphatic carbocycles. The fourth-order valence-corrected chi connectivity index (χ4v) is 5.51. The number of carbonyl (C=O) groups excluding carboxylic acids is 1. The van der Waals surface area contributed by atoms with Crippen molar-refractivity contribution in [1.82, 2.24) is 15.1 Å². The van der Waals surface area contributed by atoms with Crippen molar-refractivity contribution in [2.75, 3.05) is 26.7 Å². The standard InChI is InChI=1S/C26H28F7N3O/c1-14-8-20(27)4-5-21(14)23-22-13-34-12-16(22)6-7-36(23)24(37)35(3)15(2)17-9-18(25(28,29)30)11-19(10-17)26(31,32)33/h4-5,8-11,15-16,22-23,34H,6-7,12-13H2,1-3H3/t15-,16-,22-,23+/m1/s1. The summed E-state index contributed by atoms with van der Waals surface area (Å²) in [4.78, 5) is 16.5. The minimum absolute atomic E-state index is 0.0379. The van der Waals surface area contributed by atoms with Gasteiger partial charge in [-0.3, -0.25) is 0 Å². The predicted octanol–water partition coefficient (Wildman–Crippen LogP) is 6.57. The number of nitrogens with zero attached hydrogens (tertiary/aromatic N) is 2. The minimum Gasteiger partial charge on any atom is -0.321 e. The molecule has 2 saturated heterocycles. The highest BCUT2D eigenvalue weighted by Crippen LogP contribution is 2.44. The van der Waals surface area contributed by atoms with E-state index in [1.165, 1.54) is 31.0 Å². The Hall–Kier alpha value is -2.82. The molecule has 202 valence electrons. The van der Waals surface area contributed by atoms with Gasteiger partial charge in [-0.1, -0.05) is 6.07 Å². The zero-order valence-electron chi connectivity index (χ0n) is 20.6. The summed E-state index contributed by atoms with van der Waals surface area (Å²) >= 11 is 0. The fourth-order valence-electron chi connectivity index (χ4n) is 5.51. The largest absolute Gasteiger partial charge is 0.416 e. The van der Waals surface area contributed by atoms with Gasteiger partial charge in [-0.25, -0.2) is 9.18 Å². The lowest BCUT2D eigenvalue weighted by atomic mass is 9.78. The monoisotopic (exact) mass is 531 g/mol. The Balaban J connectivity index is 1.69. The van der Waals surface area contributed by atoms with Crippen LogP contribution in [0.2, 0.25) is 0 Å². The number of piperidine rings is 1. The number of aryl methyl sites for hydroxylation is 1. The van der Waals surface area contributed by atoms with Crippen molar-refractivity contribution in [3.63, 3.8) is 0 Å². The molecule has 0 aromatic heterocycles. The lowest BCUT2D eigenvalue weighted by Crippen LogP contribution is -2.51.